The molecule has 6 aromatic heterocycles. The number of halogens is 4. The van der Waals surface area contributed by atoms with E-state index in [9.17, 15) is 28.8 Å². The van der Waals surface area contributed by atoms with Crippen molar-refractivity contribution in [3.05, 3.63) is 271 Å². The molecule has 6 N–H and O–H groups in total. The van der Waals surface area contributed by atoms with Crippen LogP contribution in [0.3, 0.4) is 0 Å². The number of ether oxygens (including phenoxy) is 3. The molecule has 12 rings (SSSR count). The largest absolute Gasteiger partial charge is 0.377 e. The van der Waals surface area contributed by atoms with E-state index < -0.39 is 71.4 Å². The van der Waals surface area contributed by atoms with Crippen LogP contribution in [0.4, 0.5) is 38.5 Å². The lowest BCUT2D eigenvalue weighted by molar-refractivity contribution is 0.0110. The molecule has 0 aliphatic rings. The van der Waals surface area contributed by atoms with Crippen molar-refractivity contribution in [1.29, 1.82) is 0 Å². The number of hydrogen-bond acceptors (Lipinski definition) is 17. The summed E-state index contributed by atoms with van der Waals surface area (Å²) < 4.78 is 87.3. The maximum Gasteiger partial charge on any atom is 0.319 e. The minimum absolute atomic E-state index is 0.0238. The summed E-state index contributed by atoms with van der Waals surface area (Å²) >= 11 is 0. The van der Waals surface area contributed by atoms with Crippen LogP contribution in [-0.2, 0) is 79.7 Å². The first-order chi connectivity index (χ1) is 53.9. The van der Waals surface area contributed by atoms with Crippen molar-refractivity contribution in [2.24, 2.45) is 0 Å². The molecule has 6 amide bonds. The third kappa shape index (κ3) is 19.9. The number of anilines is 2. The second kappa shape index (κ2) is 37.0. The van der Waals surface area contributed by atoms with Gasteiger partial charge in [0.05, 0.1) is 114 Å². The Labute approximate surface area is 633 Å². The van der Waals surface area contributed by atoms with Crippen molar-refractivity contribution in [2.45, 2.75) is 79.3 Å². The van der Waals surface area contributed by atoms with Gasteiger partial charge in [-0.15, -0.1) is 10.2 Å². The van der Waals surface area contributed by atoms with Crippen LogP contribution < -0.4 is 43.0 Å². The zero-order chi connectivity index (χ0) is 77.9. The zero-order valence-corrected chi connectivity index (χ0v) is 61.3. The molecule has 0 radical (unpaired) electrons. The van der Waals surface area contributed by atoms with Gasteiger partial charge in [-0.2, -0.15) is 0 Å². The smallest absolute Gasteiger partial charge is 0.319 e. The lowest BCUT2D eigenvalue weighted by Crippen LogP contribution is -2.34. The molecular weight excluding hydrogens is 1440 g/mol. The lowest BCUT2D eigenvalue weighted by Gasteiger charge is -2.18. The van der Waals surface area contributed by atoms with Crippen LogP contribution >= 0.6 is 0 Å². The summed E-state index contributed by atoms with van der Waals surface area (Å²) in [5, 5.41) is 33.2. The number of rotatable bonds is 36. The third-order valence-electron chi connectivity index (χ3n) is 17.8. The normalized spacial score (nSPS) is 11.5. The highest BCUT2D eigenvalue weighted by atomic mass is 19.1. The molecule has 0 atom stereocenters. The topological polar surface area (TPSA) is 315 Å². The maximum absolute atomic E-state index is 15.4. The molecule has 576 valence electrons. The molecule has 29 nitrogen and oxygen atoms in total. The van der Waals surface area contributed by atoms with E-state index >= 15 is 17.6 Å². The number of hydrogen-bond donors (Lipinski definition) is 6. The molecule has 0 saturated heterocycles. The van der Waals surface area contributed by atoms with Gasteiger partial charge in [-0.05, 0) is 87.6 Å². The first kappa shape index (κ1) is 78.0. The Morgan fingerprint density at radius 3 is 1.18 bits per heavy atom. The Morgan fingerprint density at radius 1 is 0.441 bits per heavy atom. The van der Waals surface area contributed by atoms with Crippen molar-refractivity contribution in [1.82, 2.24) is 89.0 Å². The van der Waals surface area contributed by atoms with Crippen LogP contribution in [-0.4, -0.2) is 158 Å². The number of carbonyl (C=O) groups is 4. The van der Waals surface area contributed by atoms with Crippen LogP contribution in [0.1, 0.15) is 79.6 Å². The van der Waals surface area contributed by atoms with Gasteiger partial charge in [0, 0.05) is 85.3 Å². The number of fused-ring (bicyclic) bond motifs is 2. The minimum Gasteiger partial charge on any atom is -0.377 e. The Morgan fingerprint density at radius 2 is 0.811 bits per heavy atom. The van der Waals surface area contributed by atoms with Crippen molar-refractivity contribution >= 4 is 46.8 Å². The van der Waals surface area contributed by atoms with Crippen molar-refractivity contribution < 1.29 is 51.0 Å². The molecule has 0 saturated carbocycles. The van der Waals surface area contributed by atoms with Crippen LogP contribution in [0.2, 0.25) is 0 Å². The highest BCUT2D eigenvalue weighted by molar-refractivity contribution is 5.95. The molecule has 6 aromatic carbocycles. The van der Waals surface area contributed by atoms with Crippen molar-refractivity contribution in [3.63, 3.8) is 0 Å². The van der Waals surface area contributed by atoms with Crippen LogP contribution in [0.25, 0.3) is 34.1 Å². The van der Waals surface area contributed by atoms with Crippen LogP contribution in [0.15, 0.2) is 180 Å². The number of nitrogens with zero attached hydrogens (tertiary/aromatic N) is 14. The first-order valence-corrected chi connectivity index (χ1v) is 35.9. The van der Waals surface area contributed by atoms with E-state index in [2.05, 4.69) is 52.5 Å². The summed E-state index contributed by atoms with van der Waals surface area (Å²) in [5.74, 6) is -4.88. The quantitative estimate of drug-likeness (QED) is 0.0158. The summed E-state index contributed by atoms with van der Waals surface area (Å²) in [5.41, 5.74) is 3.58. The molecule has 6 heterocycles. The van der Waals surface area contributed by atoms with Crippen molar-refractivity contribution in [2.75, 3.05) is 77.5 Å². The number of urea groups is 2. The van der Waals surface area contributed by atoms with E-state index in [4.69, 9.17) is 24.2 Å². The summed E-state index contributed by atoms with van der Waals surface area (Å²) in [7, 11) is 3.74. The number of carbonyl (C=O) groups excluding carboxylic acids is 4. The lowest BCUT2D eigenvalue weighted by atomic mass is 10.1. The van der Waals surface area contributed by atoms with Gasteiger partial charge in [0.25, 0.3) is 22.9 Å². The predicted molar refractivity (Wildman–Crippen MR) is 404 cm³/mol. The SMILES string of the molecule is CCNC(=O)Nc1ccc(-c2nc3n(Cc4c(F)cccc4F)cc(C(=O)NCc4cn(CCOCCOCCOCCn5cc(CNC(=O)c6cn(Cc7c(F)cccc7F)c7nc(-c8ccc(NC(=O)NCC)cc8)c(CN(C)Cc8ccccc8)n7c6=O)nn5)nn4)c(=O)n3c2CN(C)Cc2ccccc2)cc1. The molecule has 0 aliphatic carbocycles. The third-order valence-corrected chi connectivity index (χ3v) is 17.8. The molecule has 0 spiro atoms. The maximum atomic E-state index is 15.4. The second-order valence-electron chi connectivity index (χ2n) is 26.0. The minimum atomic E-state index is -0.835. The van der Waals surface area contributed by atoms with Gasteiger partial charge in [-0.1, -0.05) is 107 Å². The molecule has 0 aliphatic heterocycles. The molecule has 33 heteroatoms. The summed E-state index contributed by atoms with van der Waals surface area (Å²) in [6, 6.07) is 39.2. The molecule has 111 heavy (non-hydrogen) atoms. The van der Waals surface area contributed by atoms with Crippen molar-refractivity contribution in [3.8, 4) is 22.5 Å². The number of imidazole rings is 2. The molecule has 0 unspecified atom stereocenters. The average Bonchev–Trinajstić information content (AvgIpc) is 1.61. The number of benzene rings is 6. The Balaban J connectivity index is 0.625. The fourth-order valence-electron chi connectivity index (χ4n) is 12.4. The van der Waals surface area contributed by atoms with Crippen LogP contribution in [0, 0.1) is 23.3 Å². The second-order valence-corrected chi connectivity index (χ2v) is 26.0. The number of nitrogens with one attached hydrogen (secondary N) is 6. The fraction of sp³-hybridized carbons (Fsp3) is 0.282. The fourth-order valence-corrected chi connectivity index (χ4v) is 12.4. The van der Waals surface area contributed by atoms with E-state index in [1.54, 1.807) is 74.8 Å². The molecular formula is C78H82F4N20O9. The van der Waals surface area contributed by atoms with Gasteiger partial charge >= 0.3 is 12.1 Å². The summed E-state index contributed by atoms with van der Waals surface area (Å²) in [4.78, 5) is 96.7. The zero-order valence-electron chi connectivity index (χ0n) is 61.3. The van der Waals surface area contributed by atoms with Crippen LogP contribution in [0.5, 0.6) is 0 Å². The van der Waals surface area contributed by atoms with Gasteiger partial charge in [0.2, 0.25) is 11.6 Å². The summed E-state index contributed by atoms with van der Waals surface area (Å²) in [6.45, 7) is 6.60. The number of aromatic nitrogens is 12. The van der Waals surface area contributed by atoms with E-state index in [0.717, 1.165) is 35.4 Å². The highest BCUT2D eigenvalue weighted by Crippen LogP contribution is 2.31. The Bertz CT molecular complexity index is 4990. The molecule has 0 bridgehead atoms. The van der Waals surface area contributed by atoms with Gasteiger partial charge < -0.3 is 55.2 Å². The van der Waals surface area contributed by atoms with Gasteiger partial charge in [0.1, 0.15) is 45.8 Å². The van der Waals surface area contributed by atoms with E-state index in [1.807, 2.05) is 84.6 Å². The standard InChI is InChI=1S/C78H82F4N20O9/c1-5-83-75(107)87-55-27-23-53(24-28-55)69-67(49-95(3)41-51-15-9-7-10-16-51)101-73(105)61(47-97(77(101)89-69)45-59-63(79)19-13-20-64(59)80)71(103)85-39-57-43-99(93-91-57)31-33-109-35-37-111-38-36-110-34-32-100-44-58(92-94-100)40-86-72(104)62-48-98(46-60-65(81)21-14-22-66(60)82)78-90-70(54-25-29-56(30-26-54)88-76(108)84-6-2)68(102(78)74(62)106)50-96(4)42-52-17-11-8-12-18-52/h7-30,43-44,47-48H,5-6,31-42,45-46,49-50H2,1-4H3,(H,85,103)(H,86,104)(H2,83,87,107)(H2,84,88,108). The predicted octanol–water partition coefficient (Wildman–Crippen LogP) is 8.63. The van der Waals surface area contributed by atoms with E-state index in [0.29, 0.717) is 95.9 Å². The Kier molecular flexibility index (Phi) is 26.0. The number of amides is 6. The monoisotopic (exact) mass is 1520 g/mol. The Hall–Kier alpha value is -12.6. The van der Waals surface area contributed by atoms with Gasteiger partial charge in [-0.3, -0.25) is 29.0 Å². The highest BCUT2D eigenvalue weighted by Gasteiger charge is 2.28. The first-order valence-electron chi connectivity index (χ1n) is 35.9. The van der Waals surface area contributed by atoms with E-state index in [-0.39, 0.29) is 99.6 Å². The van der Waals surface area contributed by atoms with Gasteiger partial charge in [-0.25, -0.2) is 55.3 Å². The molecule has 12 aromatic rings. The summed E-state index contributed by atoms with van der Waals surface area (Å²) in [6.07, 6.45) is 5.71. The van der Waals surface area contributed by atoms with Gasteiger partial charge in [0.15, 0.2) is 0 Å². The molecule has 0 fully saturated rings. The average molecular weight is 1520 g/mol. The van der Waals surface area contributed by atoms with E-state index in [1.165, 1.54) is 51.8 Å².